The minimum Gasteiger partial charge on any atom is -0.496 e. The van der Waals surface area contributed by atoms with Gasteiger partial charge in [0, 0.05) is 16.5 Å². The Kier molecular flexibility index (Phi) is 2.34. The molecule has 0 atom stereocenters. The van der Waals surface area contributed by atoms with E-state index in [4.69, 9.17) is 9.84 Å². The van der Waals surface area contributed by atoms with E-state index in [1.807, 2.05) is 19.9 Å². The van der Waals surface area contributed by atoms with Crippen molar-refractivity contribution in [1.29, 1.82) is 0 Å². The molecule has 0 spiro atoms. The van der Waals surface area contributed by atoms with E-state index in [1.54, 1.807) is 13.2 Å². The van der Waals surface area contributed by atoms with E-state index in [0.29, 0.717) is 0 Å². The molecule has 2 aromatic rings. The molecule has 1 aromatic heterocycles. The van der Waals surface area contributed by atoms with Gasteiger partial charge in [0.15, 0.2) is 0 Å². The lowest BCUT2D eigenvalue weighted by Gasteiger charge is -2.07. The van der Waals surface area contributed by atoms with Crippen LogP contribution in [0.3, 0.4) is 0 Å². The van der Waals surface area contributed by atoms with Crippen molar-refractivity contribution in [3.05, 3.63) is 29.0 Å². The minimum atomic E-state index is -0.950. The summed E-state index contributed by atoms with van der Waals surface area (Å²) in [5.74, 6) is -0.171. The van der Waals surface area contributed by atoms with Crippen LogP contribution in [0.25, 0.3) is 10.9 Å². The molecule has 0 saturated carbocycles. The summed E-state index contributed by atoms with van der Waals surface area (Å²) in [6, 6.07) is 3.54. The first-order chi connectivity index (χ1) is 7.54. The van der Waals surface area contributed by atoms with Gasteiger partial charge in [0.1, 0.15) is 11.4 Å². The molecule has 2 N–H and O–H groups in total. The van der Waals surface area contributed by atoms with Crippen LogP contribution in [-0.2, 0) is 0 Å². The van der Waals surface area contributed by atoms with Gasteiger partial charge in [-0.25, -0.2) is 4.79 Å². The van der Waals surface area contributed by atoms with Crippen molar-refractivity contribution in [2.45, 2.75) is 13.8 Å². The fourth-order valence-corrected chi connectivity index (χ4v) is 1.90. The van der Waals surface area contributed by atoms with Gasteiger partial charge in [-0.1, -0.05) is 0 Å². The first-order valence-electron chi connectivity index (χ1n) is 4.94. The number of aromatic nitrogens is 1. The largest absolute Gasteiger partial charge is 0.496 e. The lowest BCUT2D eigenvalue weighted by atomic mass is 10.1. The van der Waals surface area contributed by atoms with Gasteiger partial charge in [0.25, 0.3) is 0 Å². The number of methoxy groups -OCH3 is 1. The summed E-state index contributed by atoms with van der Waals surface area (Å²) in [5, 5.41) is 9.83. The predicted octanol–water partition coefficient (Wildman–Crippen LogP) is 2.49. The minimum absolute atomic E-state index is 0.203. The number of ether oxygens (including phenoxy) is 1. The maximum Gasteiger partial charge on any atom is 0.352 e. The smallest absolute Gasteiger partial charge is 0.352 e. The molecule has 0 saturated heterocycles. The monoisotopic (exact) mass is 219 g/mol. The van der Waals surface area contributed by atoms with Crippen LogP contribution >= 0.6 is 0 Å². The van der Waals surface area contributed by atoms with Crippen LogP contribution in [0.2, 0.25) is 0 Å². The Hall–Kier alpha value is -1.97. The molecule has 0 bridgehead atoms. The van der Waals surface area contributed by atoms with Crippen molar-refractivity contribution < 1.29 is 14.6 Å². The molecular weight excluding hydrogens is 206 g/mol. The number of fused-ring (bicyclic) bond motifs is 1. The summed E-state index contributed by atoms with van der Waals surface area (Å²) >= 11 is 0. The normalized spacial score (nSPS) is 10.7. The van der Waals surface area contributed by atoms with Crippen LogP contribution in [0, 0.1) is 13.8 Å². The highest BCUT2D eigenvalue weighted by Crippen LogP contribution is 2.30. The Morgan fingerprint density at radius 3 is 2.62 bits per heavy atom. The number of hydrogen-bond donors (Lipinski definition) is 2. The summed E-state index contributed by atoms with van der Waals surface area (Å²) in [4.78, 5) is 13.8. The molecule has 4 heteroatoms. The lowest BCUT2D eigenvalue weighted by Crippen LogP contribution is -1.94. The zero-order chi connectivity index (χ0) is 11.9. The molecule has 16 heavy (non-hydrogen) atoms. The molecule has 1 aromatic carbocycles. The Morgan fingerprint density at radius 1 is 1.38 bits per heavy atom. The summed E-state index contributed by atoms with van der Waals surface area (Å²) < 4.78 is 5.24. The molecule has 1 heterocycles. The van der Waals surface area contributed by atoms with Gasteiger partial charge >= 0.3 is 5.97 Å². The molecule has 0 aliphatic heterocycles. The summed E-state index contributed by atoms with van der Waals surface area (Å²) in [7, 11) is 1.61. The van der Waals surface area contributed by atoms with Crippen molar-refractivity contribution in [2.75, 3.05) is 7.11 Å². The second kappa shape index (κ2) is 3.56. The number of benzene rings is 1. The number of aromatic amines is 1. The quantitative estimate of drug-likeness (QED) is 0.815. The third-order valence-electron chi connectivity index (χ3n) is 2.78. The van der Waals surface area contributed by atoms with Gasteiger partial charge < -0.3 is 14.8 Å². The Balaban J connectivity index is 2.80. The maximum atomic E-state index is 10.9. The Labute approximate surface area is 92.9 Å². The number of aromatic carboxylic acids is 1. The topological polar surface area (TPSA) is 62.3 Å². The maximum absolute atomic E-state index is 10.9. The van der Waals surface area contributed by atoms with E-state index < -0.39 is 5.97 Å². The standard InChI is InChI=1S/C12H13NO3/c1-6-4-10(16-3)7(2)8-5-9(12(14)15)13-11(6)8/h4-5,13H,1-3H3,(H,14,15). The molecular formula is C12H13NO3. The van der Waals surface area contributed by atoms with Crippen LogP contribution in [0.15, 0.2) is 12.1 Å². The number of carboxylic acid groups (broad SMARTS) is 1. The second-order valence-electron chi connectivity index (χ2n) is 3.80. The number of aryl methyl sites for hydroxylation is 2. The van der Waals surface area contributed by atoms with E-state index in [1.165, 1.54) is 0 Å². The highest BCUT2D eigenvalue weighted by molar-refractivity contribution is 5.97. The van der Waals surface area contributed by atoms with Gasteiger partial charge in [0.2, 0.25) is 0 Å². The van der Waals surface area contributed by atoms with E-state index in [2.05, 4.69) is 4.98 Å². The second-order valence-corrected chi connectivity index (χ2v) is 3.80. The van der Waals surface area contributed by atoms with E-state index >= 15 is 0 Å². The summed E-state index contributed by atoms with van der Waals surface area (Å²) in [6.07, 6.45) is 0. The predicted molar refractivity (Wildman–Crippen MR) is 61.3 cm³/mol. The van der Waals surface area contributed by atoms with Crippen LogP contribution in [0.1, 0.15) is 21.6 Å². The van der Waals surface area contributed by atoms with Crippen molar-refractivity contribution >= 4 is 16.9 Å². The van der Waals surface area contributed by atoms with Crippen molar-refractivity contribution in [3.63, 3.8) is 0 Å². The van der Waals surface area contributed by atoms with Crippen LogP contribution in [0.5, 0.6) is 5.75 Å². The molecule has 84 valence electrons. The molecule has 0 fully saturated rings. The van der Waals surface area contributed by atoms with Gasteiger partial charge in [0.05, 0.1) is 7.11 Å². The number of carbonyl (C=O) groups is 1. The summed E-state index contributed by atoms with van der Waals surface area (Å²) in [6.45, 7) is 3.84. The fraction of sp³-hybridized carbons (Fsp3) is 0.250. The zero-order valence-electron chi connectivity index (χ0n) is 9.42. The zero-order valence-corrected chi connectivity index (χ0v) is 9.42. The van der Waals surface area contributed by atoms with Gasteiger partial charge in [-0.2, -0.15) is 0 Å². The highest BCUT2D eigenvalue weighted by Gasteiger charge is 2.13. The van der Waals surface area contributed by atoms with E-state index in [-0.39, 0.29) is 5.69 Å². The fourth-order valence-electron chi connectivity index (χ4n) is 1.90. The Bertz CT molecular complexity index is 569. The molecule has 0 unspecified atom stereocenters. The summed E-state index contributed by atoms with van der Waals surface area (Å²) in [5.41, 5.74) is 2.99. The van der Waals surface area contributed by atoms with Crippen molar-refractivity contribution in [3.8, 4) is 5.75 Å². The molecule has 4 nitrogen and oxygen atoms in total. The Morgan fingerprint density at radius 2 is 2.06 bits per heavy atom. The van der Waals surface area contributed by atoms with Gasteiger partial charge in [-0.05, 0) is 31.5 Å². The van der Waals surface area contributed by atoms with Gasteiger partial charge in [-0.15, -0.1) is 0 Å². The first-order valence-corrected chi connectivity index (χ1v) is 4.94. The van der Waals surface area contributed by atoms with E-state index in [9.17, 15) is 4.79 Å². The number of rotatable bonds is 2. The average Bonchev–Trinajstić information content (AvgIpc) is 2.68. The van der Waals surface area contributed by atoms with Gasteiger partial charge in [-0.3, -0.25) is 0 Å². The third kappa shape index (κ3) is 1.43. The molecule has 0 aliphatic carbocycles. The number of hydrogen-bond acceptors (Lipinski definition) is 2. The van der Waals surface area contributed by atoms with E-state index in [0.717, 1.165) is 27.8 Å². The third-order valence-corrected chi connectivity index (χ3v) is 2.78. The van der Waals surface area contributed by atoms with Crippen molar-refractivity contribution in [1.82, 2.24) is 4.98 Å². The lowest BCUT2D eigenvalue weighted by molar-refractivity contribution is 0.0691. The number of carboxylic acids is 1. The highest BCUT2D eigenvalue weighted by atomic mass is 16.5. The van der Waals surface area contributed by atoms with Crippen molar-refractivity contribution in [2.24, 2.45) is 0 Å². The first kappa shape index (κ1) is 10.5. The van der Waals surface area contributed by atoms with Crippen LogP contribution in [-0.4, -0.2) is 23.2 Å². The van der Waals surface area contributed by atoms with Crippen LogP contribution < -0.4 is 4.74 Å². The average molecular weight is 219 g/mol. The number of nitrogens with one attached hydrogen (secondary N) is 1. The molecule has 0 aliphatic rings. The number of H-pyrrole nitrogens is 1. The SMILES string of the molecule is COc1cc(C)c2[nH]c(C(=O)O)cc2c1C. The van der Waals surface area contributed by atoms with Crippen LogP contribution in [0.4, 0.5) is 0 Å². The molecule has 2 rings (SSSR count). The molecule has 0 amide bonds. The molecule has 0 radical (unpaired) electrons.